The van der Waals surface area contributed by atoms with Crippen LogP contribution in [0.1, 0.15) is 251 Å². The van der Waals surface area contributed by atoms with Gasteiger partial charge in [-0.2, -0.15) is 0 Å². The molecule has 0 rings (SSSR count). The van der Waals surface area contributed by atoms with Crippen LogP contribution in [0.3, 0.4) is 0 Å². The summed E-state index contributed by atoms with van der Waals surface area (Å²) in [4.78, 5) is 12.4. The van der Waals surface area contributed by atoms with Gasteiger partial charge in [-0.1, -0.05) is 232 Å². The SMILES string of the molecule is CCCCCCCCCCCCCCCCCCCCCCCC(O)C(CO)NC(=O)CCCCCCCCCCCCCCCC. The standard InChI is InChI=1S/C43H87NO3/c1-3-5-7-9-11-13-15-17-19-20-21-22-23-24-25-26-28-30-32-34-36-38-42(46)41(40-45)44-43(47)39-37-35-33-31-29-27-18-16-14-12-10-8-6-4-2/h41-42,45-46H,3-40H2,1-2H3,(H,44,47). The summed E-state index contributed by atoms with van der Waals surface area (Å²) in [5, 5.41) is 23.2. The number of carbonyl (C=O) groups excluding carboxylic acids is 1. The third-order valence-corrected chi connectivity index (χ3v) is 10.4. The molecule has 0 fully saturated rings. The number of aliphatic hydroxyl groups is 2. The summed E-state index contributed by atoms with van der Waals surface area (Å²) in [5.74, 6) is -0.0270. The molecule has 0 heterocycles. The lowest BCUT2D eigenvalue weighted by atomic mass is 10.0. The predicted octanol–water partition coefficient (Wildman–Crippen LogP) is 13.3. The zero-order valence-electron chi connectivity index (χ0n) is 32.3. The van der Waals surface area contributed by atoms with E-state index in [9.17, 15) is 15.0 Å². The highest BCUT2D eigenvalue weighted by atomic mass is 16.3. The number of rotatable bonds is 40. The second-order valence-electron chi connectivity index (χ2n) is 15.1. The Morgan fingerprint density at radius 2 is 0.681 bits per heavy atom. The van der Waals surface area contributed by atoms with Gasteiger partial charge < -0.3 is 15.5 Å². The molecule has 0 spiro atoms. The number of amides is 1. The molecule has 0 radical (unpaired) electrons. The van der Waals surface area contributed by atoms with E-state index in [1.54, 1.807) is 0 Å². The fourth-order valence-electron chi connectivity index (χ4n) is 7.01. The molecule has 282 valence electrons. The van der Waals surface area contributed by atoms with Crippen molar-refractivity contribution < 1.29 is 15.0 Å². The summed E-state index contributed by atoms with van der Waals surface area (Å²) in [6, 6.07) is -0.528. The molecule has 0 bridgehead atoms. The summed E-state index contributed by atoms with van der Waals surface area (Å²) in [6.07, 6.45) is 47.5. The maximum Gasteiger partial charge on any atom is 0.220 e. The molecule has 0 saturated carbocycles. The zero-order chi connectivity index (χ0) is 34.3. The van der Waals surface area contributed by atoms with Crippen LogP contribution in [0.5, 0.6) is 0 Å². The monoisotopic (exact) mass is 666 g/mol. The van der Waals surface area contributed by atoms with Crippen LogP contribution in [-0.2, 0) is 4.79 Å². The third-order valence-electron chi connectivity index (χ3n) is 10.4. The third kappa shape index (κ3) is 36.5. The van der Waals surface area contributed by atoms with E-state index in [1.807, 2.05) is 0 Å². The smallest absolute Gasteiger partial charge is 0.220 e. The van der Waals surface area contributed by atoms with Crippen LogP contribution in [0.2, 0.25) is 0 Å². The summed E-state index contributed by atoms with van der Waals surface area (Å²) in [6.45, 7) is 4.38. The second kappa shape index (κ2) is 39.8. The summed E-state index contributed by atoms with van der Waals surface area (Å²) in [7, 11) is 0. The predicted molar refractivity (Wildman–Crippen MR) is 207 cm³/mol. The zero-order valence-corrected chi connectivity index (χ0v) is 32.3. The van der Waals surface area contributed by atoms with Crippen molar-refractivity contribution in [3.63, 3.8) is 0 Å². The quantitative estimate of drug-likeness (QED) is 0.0570. The maximum atomic E-state index is 12.4. The molecule has 0 aliphatic rings. The van der Waals surface area contributed by atoms with Crippen molar-refractivity contribution in [3.8, 4) is 0 Å². The van der Waals surface area contributed by atoms with Crippen molar-refractivity contribution in [3.05, 3.63) is 0 Å². The number of hydrogen-bond donors (Lipinski definition) is 3. The summed E-state index contributed by atoms with van der Waals surface area (Å²) >= 11 is 0. The van der Waals surface area contributed by atoms with Gasteiger partial charge in [0.1, 0.15) is 0 Å². The highest BCUT2D eigenvalue weighted by Gasteiger charge is 2.20. The van der Waals surface area contributed by atoms with Gasteiger partial charge in [0.2, 0.25) is 5.91 Å². The molecule has 4 heteroatoms. The van der Waals surface area contributed by atoms with Crippen LogP contribution in [-0.4, -0.2) is 34.9 Å². The minimum absolute atomic E-state index is 0.0270. The molecule has 0 aromatic rings. The number of aliphatic hydroxyl groups excluding tert-OH is 2. The Balaban J connectivity index is 3.46. The Morgan fingerprint density at radius 3 is 0.957 bits per heavy atom. The van der Waals surface area contributed by atoms with Gasteiger partial charge in [-0.15, -0.1) is 0 Å². The molecule has 0 aromatic heterocycles. The van der Waals surface area contributed by atoms with Crippen LogP contribution in [0, 0.1) is 0 Å². The van der Waals surface area contributed by atoms with Crippen LogP contribution in [0.4, 0.5) is 0 Å². The molecule has 2 atom stereocenters. The van der Waals surface area contributed by atoms with E-state index in [0.717, 1.165) is 25.7 Å². The molecule has 2 unspecified atom stereocenters. The second-order valence-corrected chi connectivity index (χ2v) is 15.1. The van der Waals surface area contributed by atoms with Crippen LogP contribution in [0.25, 0.3) is 0 Å². The van der Waals surface area contributed by atoms with Gasteiger partial charge in [0.15, 0.2) is 0 Å². The van der Waals surface area contributed by atoms with E-state index >= 15 is 0 Å². The first-order chi connectivity index (χ1) is 23.2. The Labute approximate surface area is 295 Å². The van der Waals surface area contributed by atoms with E-state index < -0.39 is 12.1 Å². The minimum atomic E-state index is -0.652. The first kappa shape index (κ1) is 46.4. The van der Waals surface area contributed by atoms with E-state index in [4.69, 9.17) is 0 Å². The highest BCUT2D eigenvalue weighted by molar-refractivity contribution is 5.76. The first-order valence-electron chi connectivity index (χ1n) is 21.7. The number of unbranched alkanes of at least 4 members (excludes halogenated alkanes) is 33. The Hall–Kier alpha value is -0.610. The molecule has 0 aromatic carbocycles. The molecule has 4 nitrogen and oxygen atoms in total. The molecule has 3 N–H and O–H groups in total. The Bertz CT molecular complexity index is 598. The van der Waals surface area contributed by atoms with Crippen molar-refractivity contribution in [2.75, 3.05) is 6.61 Å². The average Bonchev–Trinajstić information content (AvgIpc) is 3.07. The largest absolute Gasteiger partial charge is 0.394 e. The van der Waals surface area contributed by atoms with Crippen molar-refractivity contribution in [2.45, 2.75) is 264 Å². The average molecular weight is 666 g/mol. The molecular formula is C43H87NO3. The van der Waals surface area contributed by atoms with Crippen molar-refractivity contribution in [1.82, 2.24) is 5.32 Å². The number of nitrogens with one attached hydrogen (secondary N) is 1. The summed E-state index contributed by atoms with van der Waals surface area (Å²) in [5.41, 5.74) is 0. The van der Waals surface area contributed by atoms with E-state index in [0.29, 0.717) is 12.8 Å². The van der Waals surface area contributed by atoms with Crippen molar-refractivity contribution >= 4 is 5.91 Å². The molecule has 47 heavy (non-hydrogen) atoms. The topological polar surface area (TPSA) is 69.6 Å². The lowest BCUT2D eigenvalue weighted by Crippen LogP contribution is -2.45. The molecular weight excluding hydrogens is 578 g/mol. The van der Waals surface area contributed by atoms with Crippen LogP contribution in [0.15, 0.2) is 0 Å². The summed E-state index contributed by atoms with van der Waals surface area (Å²) < 4.78 is 0. The van der Waals surface area contributed by atoms with E-state index in [-0.39, 0.29) is 12.5 Å². The fourth-order valence-corrected chi connectivity index (χ4v) is 7.01. The Morgan fingerprint density at radius 1 is 0.426 bits per heavy atom. The van der Waals surface area contributed by atoms with Gasteiger partial charge in [-0.25, -0.2) is 0 Å². The molecule has 0 saturated heterocycles. The number of hydrogen-bond acceptors (Lipinski definition) is 3. The minimum Gasteiger partial charge on any atom is -0.394 e. The molecule has 1 amide bonds. The normalized spacial score (nSPS) is 12.9. The van der Waals surface area contributed by atoms with Gasteiger partial charge in [-0.3, -0.25) is 4.79 Å². The lowest BCUT2D eigenvalue weighted by molar-refractivity contribution is -0.123. The molecule has 0 aliphatic heterocycles. The number of carbonyl (C=O) groups is 1. The van der Waals surface area contributed by atoms with Crippen LogP contribution < -0.4 is 5.32 Å². The van der Waals surface area contributed by atoms with Gasteiger partial charge >= 0.3 is 0 Å². The van der Waals surface area contributed by atoms with Gasteiger partial charge in [0.25, 0.3) is 0 Å². The van der Waals surface area contributed by atoms with Crippen LogP contribution >= 0.6 is 0 Å². The van der Waals surface area contributed by atoms with Gasteiger partial charge in [0.05, 0.1) is 18.8 Å². The van der Waals surface area contributed by atoms with Crippen molar-refractivity contribution in [1.29, 1.82) is 0 Å². The fraction of sp³-hybridized carbons (Fsp3) is 0.977. The Kier molecular flexibility index (Phi) is 39.3. The lowest BCUT2D eigenvalue weighted by Gasteiger charge is -2.22. The highest BCUT2D eigenvalue weighted by Crippen LogP contribution is 2.17. The first-order valence-corrected chi connectivity index (χ1v) is 21.7. The van der Waals surface area contributed by atoms with E-state index in [2.05, 4.69) is 19.2 Å². The molecule has 0 aliphatic carbocycles. The maximum absolute atomic E-state index is 12.4. The van der Waals surface area contributed by atoms with E-state index in [1.165, 1.54) is 199 Å². The van der Waals surface area contributed by atoms with Gasteiger partial charge in [0, 0.05) is 6.42 Å². The van der Waals surface area contributed by atoms with Gasteiger partial charge in [-0.05, 0) is 12.8 Å². The van der Waals surface area contributed by atoms with Crippen molar-refractivity contribution in [2.24, 2.45) is 0 Å².